The standard InChI is InChI=1S/C17H15N3O2/c21-20(22)15-6-2-5-14-12-3-1-4-13(12)16(19-17(14)15)11-7-9-18-10-8-11/h1-3,5-10,12-13,16,19H,4H2/t12-,13-,16-/m1/s1. The number of allylic oxidation sites excluding steroid dienone is 2. The van der Waals surface area contributed by atoms with Gasteiger partial charge in [0.25, 0.3) is 5.69 Å². The number of pyridine rings is 1. The van der Waals surface area contributed by atoms with Gasteiger partial charge in [0, 0.05) is 24.4 Å². The molecule has 22 heavy (non-hydrogen) atoms. The van der Waals surface area contributed by atoms with Crippen LogP contribution in [0, 0.1) is 16.0 Å². The summed E-state index contributed by atoms with van der Waals surface area (Å²) in [4.78, 5) is 15.1. The number of nitrogens with zero attached hydrogens (tertiary/aromatic N) is 2. The van der Waals surface area contributed by atoms with Crippen molar-refractivity contribution in [1.29, 1.82) is 0 Å². The Hall–Kier alpha value is -2.69. The number of nitrogens with one attached hydrogen (secondary N) is 1. The molecule has 4 rings (SSSR count). The van der Waals surface area contributed by atoms with Crippen molar-refractivity contribution in [1.82, 2.24) is 4.98 Å². The number of nitro groups is 1. The highest BCUT2D eigenvalue weighted by atomic mass is 16.6. The van der Waals surface area contributed by atoms with Gasteiger partial charge in [0.1, 0.15) is 5.69 Å². The first-order valence-corrected chi connectivity index (χ1v) is 7.36. The van der Waals surface area contributed by atoms with Crippen molar-refractivity contribution in [2.24, 2.45) is 5.92 Å². The zero-order valence-electron chi connectivity index (χ0n) is 11.8. The normalized spacial score (nSPS) is 25.2. The molecule has 5 heteroatoms. The zero-order chi connectivity index (χ0) is 15.1. The maximum Gasteiger partial charge on any atom is 0.292 e. The Labute approximate surface area is 127 Å². The van der Waals surface area contributed by atoms with Gasteiger partial charge >= 0.3 is 0 Å². The van der Waals surface area contributed by atoms with Crippen LogP contribution in [0.2, 0.25) is 0 Å². The van der Waals surface area contributed by atoms with Gasteiger partial charge in [-0.3, -0.25) is 15.1 Å². The second-order valence-corrected chi connectivity index (χ2v) is 5.75. The smallest absolute Gasteiger partial charge is 0.292 e. The fourth-order valence-corrected chi connectivity index (χ4v) is 3.66. The van der Waals surface area contributed by atoms with Crippen molar-refractivity contribution < 1.29 is 4.92 Å². The van der Waals surface area contributed by atoms with Crippen molar-refractivity contribution in [2.45, 2.75) is 18.4 Å². The van der Waals surface area contributed by atoms with Crippen LogP contribution in [-0.4, -0.2) is 9.91 Å². The molecule has 1 aromatic carbocycles. The lowest BCUT2D eigenvalue weighted by Gasteiger charge is -2.37. The van der Waals surface area contributed by atoms with Crippen LogP contribution in [0.25, 0.3) is 0 Å². The third-order valence-electron chi connectivity index (χ3n) is 4.64. The summed E-state index contributed by atoms with van der Waals surface area (Å²) in [6.07, 6.45) is 8.88. The molecule has 2 aliphatic rings. The molecule has 5 nitrogen and oxygen atoms in total. The predicted molar refractivity (Wildman–Crippen MR) is 83.7 cm³/mol. The van der Waals surface area contributed by atoms with Crippen molar-refractivity contribution in [3.63, 3.8) is 0 Å². The first-order valence-electron chi connectivity index (χ1n) is 7.36. The molecule has 1 N–H and O–H groups in total. The quantitative estimate of drug-likeness (QED) is 0.519. The molecule has 0 fully saturated rings. The van der Waals surface area contributed by atoms with E-state index < -0.39 is 0 Å². The SMILES string of the molecule is O=[N+]([O-])c1cccc2c1N[C@H](c1ccncc1)[C@@H]1CC=C[C@@H]21. The van der Waals surface area contributed by atoms with Gasteiger partial charge in [-0.05, 0) is 35.6 Å². The van der Waals surface area contributed by atoms with Crippen LogP contribution in [0.1, 0.15) is 29.5 Å². The van der Waals surface area contributed by atoms with E-state index in [1.807, 2.05) is 18.2 Å². The molecular weight excluding hydrogens is 278 g/mol. The van der Waals surface area contributed by atoms with Gasteiger partial charge in [-0.25, -0.2) is 0 Å². The Bertz CT molecular complexity index is 758. The van der Waals surface area contributed by atoms with Crippen LogP contribution < -0.4 is 5.32 Å². The number of anilines is 1. The third-order valence-corrected chi connectivity index (χ3v) is 4.64. The van der Waals surface area contributed by atoms with Crippen LogP contribution in [0.15, 0.2) is 54.9 Å². The van der Waals surface area contributed by atoms with Crippen LogP contribution in [0.5, 0.6) is 0 Å². The maximum atomic E-state index is 11.3. The van der Waals surface area contributed by atoms with Crippen LogP contribution in [0.3, 0.4) is 0 Å². The Morgan fingerprint density at radius 3 is 2.82 bits per heavy atom. The van der Waals surface area contributed by atoms with E-state index in [-0.39, 0.29) is 22.6 Å². The number of hydrogen-bond acceptors (Lipinski definition) is 4. The predicted octanol–water partition coefficient (Wildman–Crippen LogP) is 3.82. The van der Waals surface area contributed by atoms with Crippen molar-refractivity contribution in [3.05, 3.63) is 76.1 Å². The van der Waals surface area contributed by atoms with Gasteiger partial charge in [-0.1, -0.05) is 24.3 Å². The topological polar surface area (TPSA) is 68.1 Å². The van der Waals surface area contributed by atoms with E-state index in [4.69, 9.17) is 0 Å². The fraction of sp³-hybridized carbons (Fsp3) is 0.235. The number of para-hydroxylation sites is 1. The summed E-state index contributed by atoms with van der Waals surface area (Å²) in [5.41, 5.74) is 2.95. The van der Waals surface area contributed by atoms with Crippen LogP contribution >= 0.6 is 0 Å². The highest BCUT2D eigenvalue weighted by molar-refractivity contribution is 5.71. The lowest BCUT2D eigenvalue weighted by molar-refractivity contribution is -0.384. The number of fused-ring (bicyclic) bond motifs is 3. The molecule has 0 bridgehead atoms. The van der Waals surface area contributed by atoms with Crippen molar-refractivity contribution >= 4 is 11.4 Å². The minimum Gasteiger partial charge on any atom is -0.372 e. The number of rotatable bonds is 2. The summed E-state index contributed by atoms with van der Waals surface area (Å²) in [5.74, 6) is 0.617. The lowest BCUT2D eigenvalue weighted by atomic mass is 9.77. The molecule has 1 aromatic heterocycles. The second kappa shape index (κ2) is 4.94. The summed E-state index contributed by atoms with van der Waals surface area (Å²) in [6.45, 7) is 0. The molecule has 0 radical (unpaired) electrons. The Morgan fingerprint density at radius 1 is 1.23 bits per heavy atom. The van der Waals surface area contributed by atoms with Gasteiger partial charge in [0.2, 0.25) is 0 Å². The first-order chi connectivity index (χ1) is 10.8. The average Bonchev–Trinajstić information content (AvgIpc) is 3.04. The maximum absolute atomic E-state index is 11.3. The average molecular weight is 293 g/mol. The van der Waals surface area contributed by atoms with Gasteiger partial charge < -0.3 is 5.32 Å². The number of benzene rings is 1. The van der Waals surface area contributed by atoms with Gasteiger partial charge in [-0.2, -0.15) is 0 Å². The number of hydrogen-bond donors (Lipinski definition) is 1. The molecule has 0 saturated carbocycles. The lowest BCUT2D eigenvalue weighted by Crippen LogP contribution is -2.29. The first kappa shape index (κ1) is 13.0. The monoisotopic (exact) mass is 293 g/mol. The molecule has 0 spiro atoms. The summed E-state index contributed by atoms with van der Waals surface area (Å²) in [6, 6.07) is 9.35. The van der Waals surface area contributed by atoms with Gasteiger partial charge in [0.15, 0.2) is 0 Å². The summed E-state index contributed by atoms with van der Waals surface area (Å²) in [7, 11) is 0. The molecule has 0 saturated heterocycles. The van der Waals surface area contributed by atoms with Gasteiger partial charge in [-0.15, -0.1) is 0 Å². The Morgan fingerprint density at radius 2 is 2.05 bits per heavy atom. The van der Waals surface area contributed by atoms with Gasteiger partial charge in [0.05, 0.1) is 11.0 Å². The second-order valence-electron chi connectivity index (χ2n) is 5.75. The van der Waals surface area contributed by atoms with E-state index in [0.29, 0.717) is 11.6 Å². The molecule has 3 atom stereocenters. The highest BCUT2D eigenvalue weighted by Crippen LogP contribution is 2.51. The largest absolute Gasteiger partial charge is 0.372 e. The highest BCUT2D eigenvalue weighted by Gasteiger charge is 2.40. The third kappa shape index (κ3) is 1.89. The molecular formula is C17H15N3O2. The zero-order valence-corrected chi connectivity index (χ0v) is 11.8. The van der Waals surface area contributed by atoms with E-state index in [2.05, 4.69) is 22.5 Å². The fourth-order valence-electron chi connectivity index (χ4n) is 3.66. The van der Waals surface area contributed by atoms with E-state index in [1.54, 1.807) is 24.5 Å². The Balaban J connectivity index is 1.85. The van der Waals surface area contributed by atoms with E-state index in [0.717, 1.165) is 17.5 Å². The van der Waals surface area contributed by atoms with Crippen molar-refractivity contribution in [2.75, 3.05) is 5.32 Å². The minimum absolute atomic E-state index is 0.0663. The van der Waals surface area contributed by atoms with E-state index >= 15 is 0 Å². The molecule has 0 amide bonds. The van der Waals surface area contributed by atoms with E-state index in [1.165, 1.54) is 0 Å². The Kier molecular flexibility index (Phi) is 2.92. The molecule has 0 unspecified atom stereocenters. The van der Waals surface area contributed by atoms with E-state index in [9.17, 15) is 10.1 Å². The number of aromatic nitrogens is 1. The summed E-state index contributed by atoms with van der Waals surface area (Å²) < 4.78 is 0. The minimum atomic E-state index is -0.311. The molecule has 110 valence electrons. The molecule has 2 heterocycles. The van der Waals surface area contributed by atoms with Crippen LogP contribution in [-0.2, 0) is 0 Å². The van der Waals surface area contributed by atoms with Crippen molar-refractivity contribution in [3.8, 4) is 0 Å². The molecule has 1 aliphatic heterocycles. The molecule has 1 aliphatic carbocycles. The number of nitro benzene ring substituents is 1. The van der Waals surface area contributed by atoms with Crippen LogP contribution in [0.4, 0.5) is 11.4 Å². The molecule has 2 aromatic rings. The summed E-state index contributed by atoms with van der Waals surface area (Å²) >= 11 is 0. The summed E-state index contributed by atoms with van der Waals surface area (Å²) in [5, 5.41) is 14.8.